The van der Waals surface area contributed by atoms with E-state index >= 15 is 0 Å². The average Bonchev–Trinajstić information content (AvgIpc) is 2.24. The SMILES string of the molecule is CC(C)C(CNC(C)(C)C)Oc1ccc(Br)cc1Br. The highest BCUT2D eigenvalue weighted by Crippen LogP contribution is 2.29. The molecule has 2 nitrogen and oxygen atoms in total. The van der Waals surface area contributed by atoms with Crippen LogP contribution < -0.4 is 10.1 Å². The van der Waals surface area contributed by atoms with Crippen molar-refractivity contribution in [1.82, 2.24) is 5.32 Å². The molecule has 1 N–H and O–H groups in total. The molecule has 0 aliphatic carbocycles. The molecule has 0 aliphatic rings. The van der Waals surface area contributed by atoms with Crippen molar-refractivity contribution < 1.29 is 4.74 Å². The van der Waals surface area contributed by atoms with Gasteiger partial charge in [0, 0.05) is 16.6 Å². The Morgan fingerprint density at radius 1 is 1.21 bits per heavy atom. The first-order valence-corrected chi connectivity index (χ1v) is 8.14. The maximum atomic E-state index is 6.13. The van der Waals surface area contributed by atoms with Gasteiger partial charge in [-0.05, 0) is 60.8 Å². The number of ether oxygens (including phenoxy) is 1. The first-order chi connectivity index (χ1) is 8.69. The van der Waals surface area contributed by atoms with Gasteiger partial charge < -0.3 is 10.1 Å². The summed E-state index contributed by atoms with van der Waals surface area (Å²) in [7, 11) is 0. The first-order valence-electron chi connectivity index (χ1n) is 6.56. The molecule has 4 heteroatoms. The van der Waals surface area contributed by atoms with Crippen molar-refractivity contribution in [2.45, 2.75) is 46.3 Å². The Balaban J connectivity index is 2.73. The number of halogens is 2. The third-order valence-corrected chi connectivity index (χ3v) is 3.86. The Morgan fingerprint density at radius 2 is 1.84 bits per heavy atom. The van der Waals surface area contributed by atoms with E-state index in [-0.39, 0.29) is 11.6 Å². The van der Waals surface area contributed by atoms with Gasteiger partial charge in [-0.3, -0.25) is 0 Å². The minimum Gasteiger partial charge on any atom is -0.488 e. The fraction of sp³-hybridized carbons (Fsp3) is 0.600. The summed E-state index contributed by atoms with van der Waals surface area (Å²) in [5.74, 6) is 1.34. The van der Waals surface area contributed by atoms with Crippen molar-refractivity contribution in [2.75, 3.05) is 6.54 Å². The van der Waals surface area contributed by atoms with Gasteiger partial charge in [-0.25, -0.2) is 0 Å². The maximum Gasteiger partial charge on any atom is 0.134 e. The van der Waals surface area contributed by atoms with Crippen LogP contribution in [0.15, 0.2) is 27.1 Å². The van der Waals surface area contributed by atoms with Crippen LogP contribution >= 0.6 is 31.9 Å². The second-order valence-electron chi connectivity index (χ2n) is 6.11. The molecule has 1 atom stereocenters. The fourth-order valence-corrected chi connectivity index (χ4v) is 2.69. The highest BCUT2D eigenvalue weighted by molar-refractivity contribution is 9.11. The fourth-order valence-electron chi connectivity index (χ4n) is 1.55. The molecule has 1 aromatic rings. The predicted octanol–water partition coefficient (Wildman–Crippen LogP) is 5.00. The van der Waals surface area contributed by atoms with E-state index in [0.29, 0.717) is 5.92 Å². The summed E-state index contributed by atoms with van der Waals surface area (Å²) in [5.41, 5.74) is 0.105. The first kappa shape index (κ1) is 17.0. The summed E-state index contributed by atoms with van der Waals surface area (Å²) in [4.78, 5) is 0. The largest absolute Gasteiger partial charge is 0.488 e. The van der Waals surface area contributed by atoms with Gasteiger partial charge in [-0.2, -0.15) is 0 Å². The summed E-state index contributed by atoms with van der Waals surface area (Å²) < 4.78 is 8.14. The number of hydrogen-bond donors (Lipinski definition) is 1. The molecule has 0 aliphatic heterocycles. The highest BCUT2D eigenvalue weighted by atomic mass is 79.9. The van der Waals surface area contributed by atoms with Crippen molar-refractivity contribution >= 4 is 31.9 Å². The van der Waals surface area contributed by atoms with Gasteiger partial charge in [0.25, 0.3) is 0 Å². The lowest BCUT2D eigenvalue weighted by Crippen LogP contribution is -2.44. The number of nitrogens with one attached hydrogen (secondary N) is 1. The zero-order valence-electron chi connectivity index (χ0n) is 12.3. The van der Waals surface area contributed by atoms with E-state index < -0.39 is 0 Å². The molecule has 1 unspecified atom stereocenters. The van der Waals surface area contributed by atoms with Gasteiger partial charge in [0.2, 0.25) is 0 Å². The Bertz CT molecular complexity index is 413. The van der Waals surface area contributed by atoms with Gasteiger partial charge in [0.15, 0.2) is 0 Å². The van der Waals surface area contributed by atoms with Crippen LogP contribution in [-0.2, 0) is 0 Å². The average molecular weight is 393 g/mol. The monoisotopic (exact) mass is 391 g/mol. The van der Waals surface area contributed by atoms with Crippen molar-refractivity contribution in [1.29, 1.82) is 0 Å². The molecule has 108 valence electrons. The zero-order chi connectivity index (χ0) is 14.6. The molecule has 0 saturated heterocycles. The molecule has 1 aromatic carbocycles. The van der Waals surface area contributed by atoms with E-state index in [4.69, 9.17) is 4.74 Å². The molecule has 19 heavy (non-hydrogen) atoms. The van der Waals surface area contributed by atoms with Crippen LogP contribution in [0, 0.1) is 5.92 Å². The third-order valence-electron chi connectivity index (χ3n) is 2.75. The lowest BCUT2D eigenvalue weighted by Gasteiger charge is -2.28. The third kappa shape index (κ3) is 6.28. The smallest absolute Gasteiger partial charge is 0.134 e. The van der Waals surface area contributed by atoms with Crippen LogP contribution in [0.25, 0.3) is 0 Å². The molecule has 0 amide bonds. The van der Waals surface area contributed by atoms with Crippen LogP contribution in [0.1, 0.15) is 34.6 Å². The van der Waals surface area contributed by atoms with E-state index in [2.05, 4.69) is 71.8 Å². The van der Waals surface area contributed by atoms with E-state index in [1.165, 1.54) is 0 Å². The lowest BCUT2D eigenvalue weighted by molar-refractivity contribution is 0.139. The summed E-state index contributed by atoms with van der Waals surface area (Å²) >= 11 is 6.99. The second-order valence-corrected chi connectivity index (χ2v) is 7.88. The van der Waals surface area contributed by atoms with Gasteiger partial charge in [-0.1, -0.05) is 29.8 Å². The zero-order valence-corrected chi connectivity index (χ0v) is 15.4. The van der Waals surface area contributed by atoms with Crippen LogP contribution in [0.5, 0.6) is 5.75 Å². The molecular weight excluding hydrogens is 370 g/mol. The van der Waals surface area contributed by atoms with Crippen LogP contribution in [-0.4, -0.2) is 18.2 Å². The van der Waals surface area contributed by atoms with Crippen LogP contribution in [0.3, 0.4) is 0 Å². The second kappa shape index (κ2) is 7.09. The number of hydrogen-bond acceptors (Lipinski definition) is 2. The standard InChI is InChI=1S/C15H23Br2NO/c1-10(2)14(9-18-15(3,4)5)19-13-7-6-11(16)8-12(13)17/h6-8,10,14,18H,9H2,1-5H3. The summed E-state index contributed by atoms with van der Waals surface area (Å²) in [6.45, 7) is 11.7. The van der Waals surface area contributed by atoms with Gasteiger partial charge in [-0.15, -0.1) is 0 Å². The van der Waals surface area contributed by atoms with E-state index in [0.717, 1.165) is 21.2 Å². The molecule has 0 fully saturated rings. The van der Waals surface area contributed by atoms with Gasteiger partial charge >= 0.3 is 0 Å². The van der Waals surface area contributed by atoms with Crippen molar-refractivity contribution in [3.63, 3.8) is 0 Å². The number of rotatable bonds is 5. The molecule has 1 rings (SSSR count). The van der Waals surface area contributed by atoms with Gasteiger partial charge in [0.1, 0.15) is 11.9 Å². The minimum absolute atomic E-state index is 0.105. The normalized spacial score (nSPS) is 13.7. The van der Waals surface area contributed by atoms with Crippen molar-refractivity contribution in [3.8, 4) is 5.75 Å². The lowest BCUT2D eigenvalue weighted by atomic mass is 10.0. The molecule has 0 aromatic heterocycles. The molecule has 0 heterocycles. The summed E-state index contributed by atoms with van der Waals surface area (Å²) in [5, 5.41) is 3.50. The minimum atomic E-state index is 0.105. The van der Waals surface area contributed by atoms with E-state index in [9.17, 15) is 0 Å². The molecule has 0 radical (unpaired) electrons. The predicted molar refractivity (Wildman–Crippen MR) is 88.9 cm³/mol. The van der Waals surface area contributed by atoms with Crippen molar-refractivity contribution in [2.24, 2.45) is 5.92 Å². The number of benzene rings is 1. The summed E-state index contributed by atoms with van der Waals surface area (Å²) in [6.07, 6.45) is 0.150. The van der Waals surface area contributed by atoms with Gasteiger partial charge in [0.05, 0.1) is 4.47 Å². The van der Waals surface area contributed by atoms with Crippen LogP contribution in [0.2, 0.25) is 0 Å². The Hall–Kier alpha value is -0.0600. The van der Waals surface area contributed by atoms with Crippen LogP contribution in [0.4, 0.5) is 0 Å². The molecule has 0 spiro atoms. The molecule has 0 bridgehead atoms. The Morgan fingerprint density at radius 3 is 2.32 bits per heavy atom. The van der Waals surface area contributed by atoms with Crippen molar-refractivity contribution in [3.05, 3.63) is 27.1 Å². The molecule has 0 saturated carbocycles. The maximum absolute atomic E-state index is 6.13. The summed E-state index contributed by atoms with van der Waals surface area (Å²) in [6, 6.07) is 5.99. The quantitative estimate of drug-likeness (QED) is 0.760. The highest BCUT2D eigenvalue weighted by Gasteiger charge is 2.19. The molecular formula is C15H23Br2NO. The topological polar surface area (TPSA) is 21.3 Å². The van der Waals surface area contributed by atoms with E-state index in [1.54, 1.807) is 0 Å². The Labute approximate surface area is 133 Å². The van der Waals surface area contributed by atoms with E-state index in [1.807, 2.05) is 18.2 Å². The Kier molecular flexibility index (Phi) is 6.34.